The smallest absolute Gasteiger partial charge is 0.0477 e. The lowest BCUT2D eigenvalue weighted by Crippen LogP contribution is -2.29. The summed E-state index contributed by atoms with van der Waals surface area (Å²) in [6.07, 6.45) is 0.823. The second-order valence-corrected chi connectivity index (χ2v) is 4.50. The molecule has 0 saturated carbocycles. The maximum atomic E-state index is 8.89. The Labute approximate surface area is 96.9 Å². The predicted octanol–water partition coefficient (Wildman–Crippen LogP) is 1.19. The minimum atomic E-state index is 0.253. The average molecular weight is 220 g/mol. The summed E-state index contributed by atoms with van der Waals surface area (Å²) < 4.78 is 0. The second kappa shape index (κ2) is 4.95. The van der Waals surface area contributed by atoms with Crippen LogP contribution in [0.15, 0.2) is 18.2 Å². The molecule has 3 heteroatoms. The van der Waals surface area contributed by atoms with E-state index < -0.39 is 0 Å². The van der Waals surface area contributed by atoms with Crippen molar-refractivity contribution in [3.8, 4) is 0 Å². The average Bonchev–Trinajstić information content (AvgIpc) is 2.63. The number of nitrogens with zero attached hydrogens (tertiary/aromatic N) is 1. The molecule has 3 N–H and O–H groups in total. The minimum absolute atomic E-state index is 0.253. The number of hydrogen-bond acceptors (Lipinski definition) is 3. The van der Waals surface area contributed by atoms with Crippen molar-refractivity contribution in [3.05, 3.63) is 34.9 Å². The van der Waals surface area contributed by atoms with E-state index in [0.717, 1.165) is 19.5 Å². The minimum Gasteiger partial charge on any atom is -0.396 e. The van der Waals surface area contributed by atoms with Gasteiger partial charge in [0.15, 0.2) is 0 Å². The molecule has 0 aromatic heterocycles. The van der Waals surface area contributed by atoms with Crippen molar-refractivity contribution < 1.29 is 5.11 Å². The van der Waals surface area contributed by atoms with Crippen molar-refractivity contribution in [1.82, 2.24) is 4.90 Å². The summed E-state index contributed by atoms with van der Waals surface area (Å²) in [5.74, 6) is 0. The van der Waals surface area contributed by atoms with E-state index in [4.69, 9.17) is 10.8 Å². The first-order chi connectivity index (χ1) is 7.76. The number of aliphatic hydroxyl groups excluding tert-OH is 1. The summed E-state index contributed by atoms with van der Waals surface area (Å²) >= 11 is 0. The van der Waals surface area contributed by atoms with Gasteiger partial charge in [0.1, 0.15) is 0 Å². The Bertz CT molecular complexity index is 365. The van der Waals surface area contributed by atoms with E-state index in [-0.39, 0.29) is 6.61 Å². The van der Waals surface area contributed by atoms with Crippen LogP contribution in [0.1, 0.15) is 29.2 Å². The molecule has 1 aliphatic heterocycles. The summed E-state index contributed by atoms with van der Waals surface area (Å²) in [6, 6.07) is 6.93. The molecule has 88 valence electrons. The number of hydrogen-bond donors (Lipinski definition) is 2. The molecule has 0 radical (unpaired) electrons. The van der Waals surface area contributed by atoms with E-state index in [1.165, 1.54) is 16.7 Å². The molecule has 2 rings (SSSR count). The Hall–Kier alpha value is -0.900. The standard InChI is InChI=1S/C13H20N2O/c1-10-3-4-11-9-15(5-2-6-16)13(8-14)12(11)7-10/h3-4,7,13,16H,2,5-6,8-9,14H2,1H3. The summed E-state index contributed by atoms with van der Waals surface area (Å²) in [6.45, 7) is 4.92. The van der Waals surface area contributed by atoms with E-state index in [9.17, 15) is 0 Å². The number of fused-ring (bicyclic) bond motifs is 1. The number of rotatable bonds is 4. The third kappa shape index (κ3) is 2.12. The third-order valence-electron chi connectivity index (χ3n) is 3.30. The lowest BCUT2D eigenvalue weighted by molar-refractivity contribution is 0.190. The number of benzene rings is 1. The van der Waals surface area contributed by atoms with E-state index in [1.54, 1.807) is 0 Å². The molecule has 0 fully saturated rings. The predicted molar refractivity (Wildman–Crippen MR) is 65.1 cm³/mol. The molecule has 1 aliphatic rings. The summed E-state index contributed by atoms with van der Waals surface area (Å²) in [7, 11) is 0. The molecule has 0 bridgehead atoms. The zero-order chi connectivity index (χ0) is 11.5. The Morgan fingerprint density at radius 1 is 1.50 bits per heavy atom. The maximum absolute atomic E-state index is 8.89. The highest BCUT2D eigenvalue weighted by Crippen LogP contribution is 2.33. The molecule has 16 heavy (non-hydrogen) atoms. The van der Waals surface area contributed by atoms with Crippen LogP contribution >= 0.6 is 0 Å². The molecule has 1 aromatic rings. The van der Waals surface area contributed by atoms with Crippen LogP contribution in [0.3, 0.4) is 0 Å². The van der Waals surface area contributed by atoms with Crippen molar-refractivity contribution in [2.24, 2.45) is 5.73 Å². The van der Waals surface area contributed by atoms with Crippen molar-refractivity contribution >= 4 is 0 Å². The van der Waals surface area contributed by atoms with Gasteiger partial charge in [0.2, 0.25) is 0 Å². The van der Waals surface area contributed by atoms with Crippen LogP contribution in [0.2, 0.25) is 0 Å². The van der Waals surface area contributed by atoms with Crippen molar-refractivity contribution in [3.63, 3.8) is 0 Å². The fourth-order valence-corrected chi connectivity index (χ4v) is 2.48. The normalized spacial score (nSPS) is 20.1. The molecule has 1 heterocycles. The molecular formula is C13H20N2O. The highest BCUT2D eigenvalue weighted by molar-refractivity contribution is 5.37. The van der Waals surface area contributed by atoms with Crippen LogP contribution in [0.5, 0.6) is 0 Å². The van der Waals surface area contributed by atoms with Crippen LogP contribution in [-0.2, 0) is 6.54 Å². The summed E-state index contributed by atoms with van der Waals surface area (Å²) in [4.78, 5) is 2.36. The Balaban J connectivity index is 2.19. The highest BCUT2D eigenvalue weighted by Gasteiger charge is 2.28. The van der Waals surface area contributed by atoms with Gasteiger partial charge in [-0.05, 0) is 24.5 Å². The van der Waals surface area contributed by atoms with Gasteiger partial charge >= 0.3 is 0 Å². The summed E-state index contributed by atoms with van der Waals surface area (Å²) in [5.41, 5.74) is 9.91. The lowest BCUT2D eigenvalue weighted by Gasteiger charge is -2.23. The monoisotopic (exact) mass is 220 g/mol. The van der Waals surface area contributed by atoms with Crippen LogP contribution in [-0.4, -0.2) is 29.7 Å². The SMILES string of the molecule is Cc1ccc2c(c1)C(CN)N(CCCO)C2. The van der Waals surface area contributed by atoms with Crippen molar-refractivity contribution in [1.29, 1.82) is 0 Å². The van der Waals surface area contributed by atoms with Gasteiger partial charge in [0.05, 0.1) is 0 Å². The van der Waals surface area contributed by atoms with Crippen molar-refractivity contribution in [2.75, 3.05) is 19.7 Å². The number of aryl methyl sites for hydroxylation is 1. The van der Waals surface area contributed by atoms with Crippen molar-refractivity contribution in [2.45, 2.75) is 25.9 Å². The molecule has 0 amide bonds. The van der Waals surface area contributed by atoms with Crippen LogP contribution in [0.25, 0.3) is 0 Å². The van der Waals surface area contributed by atoms with Crippen LogP contribution in [0.4, 0.5) is 0 Å². The Morgan fingerprint density at radius 2 is 2.31 bits per heavy atom. The molecule has 3 nitrogen and oxygen atoms in total. The fourth-order valence-electron chi connectivity index (χ4n) is 2.48. The molecule has 0 saturated heterocycles. The van der Waals surface area contributed by atoms with E-state index >= 15 is 0 Å². The molecule has 1 unspecified atom stereocenters. The van der Waals surface area contributed by atoms with Gasteiger partial charge in [-0.3, -0.25) is 4.90 Å². The molecular weight excluding hydrogens is 200 g/mol. The van der Waals surface area contributed by atoms with E-state index in [2.05, 4.69) is 30.0 Å². The Kier molecular flexibility index (Phi) is 3.59. The third-order valence-corrected chi connectivity index (χ3v) is 3.30. The van der Waals surface area contributed by atoms with Gasteiger partial charge in [-0.1, -0.05) is 23.8 Å². The maximum Gasteiger partial charge on any atom is 0.0477 e. The Morgan fingerprint density at radius 3 is 3.00 bits per heavy atom. The number of aliphatic hydroxyl groups is 1. The molecule has 1 atom stereocenters. The first-order valence-electron chi connectivity index (χ1n) is 5.90. The highest BCUT2D eigenvalue weighted by atomic mass is 16.3. The molecule has 0 aliphatic carbocycles. The zero-order valence-electron chi connectivity index (χ0n) is 9.82. The van der Waals surface area contributed by atoms with Gasteiger partial charge in [-0.25, -0.2) is 0 Å². The molecule has 1 aromatic carbocycles. The van der Waals surface area contributed by atoms with E-state index in [1.807, 2.05) is 0 Å². The lowest BCUT2D eigenvalue weighted by atomic mass is 10.0. The van der Waals surface area contributed by atoms with Gasteiger partial charge in [0, 0.05) is 32.3 Å². The number of nitrogens with two attached hydrogens (primary N) is 1. The fraction of sp³-hybridized carbons (Fsp3) is 0.538. The summed E-state index contributed by atoms with van der Waals surface area (Å²) in [5, 5.41) is 8.89. The van der Waals surface area contributed by atoms with Gasteiger partial charge < -0.3 is 10.8 Å². The van der Waals surface area contributed by atoms with Crippen LogP contribution in [0, 0.1) is 6.92 Å². The first-order valence-corrected chi connectivity index (χ1v) is 5.90. The van der Waals surface area contributed by atoms with Gasteiger partial charge in [-0.15, -0.1) is 0 Å². The van der Waals surface area contributed by atoms with E-state index in [0.29, 0.717) is 12.6 Å². The topological polar surface area (TPSA) is 49.5 Å². The van der Waals surface area contributed by atoms with Crippen LogP contribution < -0.4 is 5.73 Å². The second-order valence-electron chi connectivity index (χ2n) is 4.50. The molecule has 0 spiro atoms. The first kappa shape index (κ1) is 11.6. The largest absolute Gasteiger partial charge is 0.396 e. The van der Waals surface area contributed by atoms with Gasteiger partial charge in [0.25, 0.3) is 0 Å². The van der Waals surface area contributed by atoms with Gasteiger partial charge in [-0.2, -0.15) is 0 Å². The quantitative estimate of drug-likeness (QED) is 0.801. The zero-order valence-corrected chi connectivity index (χ0v) is 9.82.